The van der Waals surface area contributed by atoms with Crippen molar-refractivity contribution in [2.75, 3.05) is 0 Å². The molecule has 3 rings (SSSR count). The van der Waals surface area contributed by atoms with Crippen LogP contribution in [0.25, 0.3) is 22.4 Å². The Labute approximate surface area is 193 Å². The van der Waals surface area contributed by atoms with Gasteiger partial charge >= 0.3 is 19.5 Å². The zero-order chi connectivity index (χ0) is 20.3. The molecule has 139 valence electrons. The van der Waals surface area contributed by atoms with Crippen molar-refractivity contribution in [2.45, 2.75) is 0 Å². The SMILES string of the molecule is N#C[S-].N#C[S-].N#C[S-].[Ru+3].c1cncc(-c2cccnc2-c2cccnc2)c1. The number of thiocyanates is 3. The van der Waals surface area contributed by atoms with E-state index in [2.05, 4.69) is 52.8 Å². The second-order valence-corrected chi connectivity index (χ2v) is 4.70. The molecule has 0 amide bonds. The molecular formula is C18H11N6RuS3. The number of rotatable bonds is 2. The summed E-state index contributed by atoms with van der Waals surface area (Å²) in [7, 11) is 0. The van der Waals surface area contributed by atoms with Crippen molar-refractivity contribution in [1.82, 2.24) is 15.0 Å². The molecule has 10 heteroatoms. The van der Waals surface area contributed by atoms with Crippen LogP contribution in [0.5, 0.6) is 0 Å². The maximum absolute atomic E-state index is 7.13. The van der Waals surface area contributed by atoms with Crippen LogP contribution in [0.4, 0.5) is 0 Å². The number of aromatic nitrogens is 3. The van der Waals surface area contributed by atoms with Crippen molar-refractivity contribution < 1.29 is 19.5 Å². The van der Waals surface area contributed by atoms with Gasteiger partial charge in [0, 0.05) is 47.7 Å². The summed E-state index contributed by atoms with van der Waals surface area (Å²) in [6.45, 7) is 0. The molecule has 0 fully saturated rings. The monoisotopic (exact) mass is 509 g/mol. The predicted molar refractivity (Wildman–Crippen MR) is 110 cm³/mol. The van der Waals surface area contributed by atoms with Crippen LogP contribution in [-0.2, 0) is 57.4 Å². The molecule has 0 aliphatic carbocycles. The number of pyridine rings is 3. The fourth-order valence-electron chi connectivity index (χ4n) is 1.89. The molecule has 0 unspecified atom stereocenters. The normalized spacial score (nSPS) is 7.32. The molecule has 0 atom stereocenters. The number of hydrogen-bond acceptors (Lipinski definition) is 9. The maximum atomic E-state index is 7.13. The van der Waals surface area contributed by atoms with Crippen molar-refractivity contribution >= 4 is 37.9 Å². The molecule has 0 aliphatic rings. The van der Waals surface area contributed by atoms with Gasteiger partial charge in [-0.05, 0) is 24.3 Å². The summed E-state index contributed by atoms with van der Waals surface area (Å²) in [5.41, 5.74) is 4.07. The van der Waals surface area contributed by atoms with Gasteiger partial charge in [0.25, 0.3) is 0 Å². The number of nitriles is 3. The minimum Gasteiger partial charge on any atom is -0.696 e. The van der Waals surface area contributed by atoms with Crippen LogP contribution < -0.4 is 0 Å². The molecule has 1 radical (unpaired) electrons. The number of nitrogens with zero attached hydrogens (tertiary/aromatic N) is 6. The quantitative estimate of drug-likeness (QED) is 0.293. The first-order valence-electron chi connectivity index (χ1n) is 6.99. The first-order chi connectivity index (χ1) is 13.2. The Hall–Kier alpha value is -2.80. The van der Waals surface area contributed by atoms with Gasteiger partial charge in [-0.1, -0.05) is 28.3 Å². The zero-order valence-corrected chi connectivity index (χ0v) is 18.3. The molecule has 0 bridgehead atoms. The topological polar surface area (TPSA) is 110 Å². The third kappa shape index (κ3) is 11.0. The van der Waals surface area contributed by atoms with Gasteiger partial charge < -0.3 is 37.9 Å². The van der Waals surface area contributed by atoms with E-state index in [0.29, 0.717) is 0 Å². The third-order valence-corrected chi connectivity index (χ3v) is 2.72. The van der Waals surface area contributed by atoms with Gasteiger partial charge in [0.1, 0.15) is 0 Å². The van der Waals surface area contributed by atoms with E-state index >= 15 is 0 Å². The van der Waals surface area contributed by atoms with Crippen LogP contribution in [0.3, 0.4) is 0 Å². The Morgan fingerprint density at radius 3 is 1.54 bits per heavy atom. The molecule has 0 N–H and O–H groups in total. The van der Waals surface area contributed by atoms with E-state index in [1.54, 1.807) is 18.6 Å². The Morgan fingerprint density at radius 2 is 1.11 bits per heavy atom. The van der Waals surface area contributed by atoms with Crippen LogP contribution in [0.1, 0.15) is 0 Å². The molecule has 3 heterocycles. The average molecular weight is 509 g/mol. The van der Waals surface area contributed by atoms with Crippen LogP contribution in [0.15, 0.2) is 67.4 Å². The maximum Gasteiger partial charge on any atom is 3.00 e. The molecule has 0 aliphatic heterocycles. The minimum atomic E-state index is 0. The average Bonchev–Trinajstić information content (AvgIpc) is 2.71. The summed E-state index contributed by atoms with van der Waals surface area (Å²) < 4.78 is 0. The van der Waals surface area contributed by atoms with E-state index in [4.69, 9.17) is 15.8 Å². The molecule has 0 saturated heterocycles. The van der Waals surface area contributed by atoms with Crippen molar-refractivity contribution in [2.24, 2.45) is 0 Å². The fraction of sp³-hybridized carbons (Fsp3) is 0. The van der Waals surface area contributed by atoms with Gasteiger partial charge in [-0.25, -0.2) is 15.8 Å². The van der Waals surface area contributed by atoms with Gasteiger partial charge in [-0.3, -0.25) is 15.0 Å². The smallest absolute Gasteiger partial charge is 0.696 e. The molecule has 6 nitrogen and oxygen atoms in total. The molecular weight excluding hydrogens is 498 g/mol. The van der Waals surface area contributed by atoms with Crippen molar-refractivity contribution in [3.8, 4) is 38.6 Å². The Bertz CT molecular complexity index is 819. The molecule has 0 aromatic carbocycles. The summed E-state index contributed by atoms with van der Waals surface area (Å²) in [5, 5.41) is 25.4. The van der Waals surface area contributed by atoms with Crippen molar-refractivity contribution in [3.05, 3.63) is 67.4 Å². The summed E-state index contributed by atoms with van der Waals surface area (Å²) in [6.07, 6.45) is 8.99. The van der Waals surface area contributed by atoms with Gasteiger partial charge in [-0.15, -0.1) is 0 Å². The van der Waals surface area contributed by atoms with Gasteiger partial charge in [0.2, 0.25) is 0 Å². The minimum absolute atomic E-state index is 0. The van der Waals surface area contributed by atoms with E-state index < -0.39 is 0 Å². The van der Waals surface area contributed by atoms with Gasteiger partial charge in [-0.2, -0.15) is 0 Å². The summed E-state index contributed by atoms with van der Waals surface area (Å²) in [6, 6.07) is 11.9. The van der Waals surface area contributed by atoms with Crippen LogP contribution in [-0.4, -0.2) is 15.0 Å². The van der Waals surface area contributed by atoms with E-state index in [1.165, 1.54) is 16.2 Å². The fourth-order valence-corrected chi connectivity index (χ4v) is 1.89. The molecule has 0 saturated carbocycles. The van der Waals surface area contributed by atoms with E-state index in [0.717, 1.165) is 22.4 Å². The summed E-state index contributed by atoms with van der Waals surface area (Å²) in [5.74, 6) is 0. The molecule has 3 aromatic heterocycles. The molecule has 28 heavy (non-hydrogen) atoms. The molecule has 0 spiro atoms. The molecule has 3 aromatic rings. The summed E-state index contributed by atoms with van der Waals surface area (Å²) in [4.78, 5) is 12.8. The Morgan fingerprint density at radius 1 is 0.679 bits per heavy atom. The van der Waals surface area contributed by atoms with Crippen LogP contribution >= 0.6 is 0 Å². The van der Waals surface area contributed by atoms with E-state index in [1.807, 2.05) is 48.8 Å². The standard InChI is InChI=1S/C15H11N3.3CHNS.Ru/c1-4-12(10-16-7-1)14-6-3-9-18-15(14)13-5-2-8-17-11-13;3*2-1-3;/h1-11H;3*3H;/q;;;;+3/p-3. The van der Waals surface area contributed by atoms with Gasteiger partial charge in [0.15, 0.2) is 0 Å². The Balaban J connectivity index is 0. The third-order valence-electron chi connectivity index (χ3n) is 2.72. The van der Waals surface area contributed by atoms with Crippen molar-refractivity contribution in [3.63, 3.8) is 0 Å². The largest absolute Gasteiger partial charge is 3.00 e. The van der Waals surface area contributed by atoms with E-state index in [-0.39, 0.29) is 19.5 Å². The first kappa shape index (κ1) is 27.4. The van der Waals surface area contributed by atoms with Crippen LogP contribution in [0.2, 0.25) is 0 Å². The Kier molecular flexibility index (Phi) is 18.6. The number of hydrogen-bond donors (Lipinski definition) is 0. The first-order valence-corrected chi connectivity index (χ1v) is 8.22. The zero-order valence-electron chi connectivity index (χ0n) is 14.1. The predicted octanol–water partition coefficient (Wildman–Crippen LogP) is 3.25. The second kappa shape index (κ2) is 19.0. The second-order valence-electron chi connectivity index (χ2n) is 4.16. The van der Waals surface area contributed by atoms with Gasteiger partial charge in [0.05, 0.1) is 5.69 Å². The summed E-state index contributed by atoms with van der Waals surface area (Å²) >= 11 is 11.1. The van der Waals surface area contributed by atoms with E-state index in [9.17, 15) is 0 Å². The van der Waals surface area contributed by atoms with Crippen molar-refractivity contribution in [1.29, 1.82) is 15.8 Å². The van der Waals surface area contributed by atoms with Crippen LogP contribution in [0, 0.1) is 32.0 Å².